The number of carbonyl (C=O) groups is 2. The van der Waals surface area contributed by atoms with E-state index in [2.05, 4.69) is 20.7 Å². The quantitative estimate of drug-likeness (QED) is 0.446. The molecule has 2 aromatic carbocycles. The molecular formula is C22H20ClN5O2S. The second-order valence-electron chi connectivity index (χ2n) is 7.09. The van der Waals surface area contributed by atoms with E-state index < -0.39 is 11.8 Å². The molecule has 0 atom stereocenters. The first-order valence-electron chi connectivity index (χ1n) is 9.67. The zero-order valence-electron chi connectivity index (χ0n) is 17.0. The molecule has 9 heteroatoms. The van der Waals surface area contributed by atoms with Gasteiger partial charge in [0.25, 0.3) is 0 Å². The van der Waals surface area contributed by atoms with Crippen molar-refractivity contribution in [1.29, 1.82) is 0 Å². The molecule has 158 valence electrons. The summed E-state index contributed by atoms with van der Waals surface area (Å²) in [5.41, 5.74) is 4.26. The highest BCUT2D eigenvalue weighted by atomic mass is 35.5. The number of para-hydroxylation sites is 1. The number of nitrogens with zero attached hydrogens (tertiary/aromatic N) is 3. The van der Waals surface area contributed by atoms with Crippen LogP contribution in [0.5, 0.6) is 0 Å². The summed E-state index contributed by atoms with van der Waals surface area (Å²) in [5, 5.41) is 12.5. The Bertz CT molecular complexity index is 1240. The third kappa shape index (κ3) is 4.60. The number of thiazole rings is 1. The molecule has 0 spiro atoms. The highest BCUT2D eigenvalue weighted by Gasteiger charge is 2.16. The average molecular weight is 454 g/mol. The van der Waals surface area contributed by atoms with Crippen LogP contribution < -0.4 is 10.6 Å². The van der Waals surface area contributed by atoms with Crippen molar-refractivity contribution in [2.75, 3.05) is 11.9 Å². The summed E-state index contributed by atoms with van der Waals surface area (Å²) >= 11 is 7.41. The standard InChI is InChI=1S/C22H20ClN5O2S/c1-13-4-3-5-14(2)18(13)25-21(30)20(29)24-11-10-17-12-31-22-26-19(27-28(17)22)15-6-8-16(23)9-7-15/h3-9,12H,10-11H2,1-2H3,(H,24,29)(H,25,30). The Kier molecular flexibility index (Phi) is 6.01. The molecule has 0 aliphatic carbocycles. The lowest BCUT2D eigenvalue weighted by atomic mass is 10.1. The molecule has 0 aliphatic heterocycles. The first-order valence-corrected chi connectivity index (χ1v) is 10.9. The van der Waals surface area contributed by atoms with Crippen LogP contribution in [0.4, 0.5) is 5.69 Å². The molecule has 2 amide bonds. The number of aryl methyl sites for hydroxylation is 2. The first-order chi connectivity index (χ1) is 14.9. The van der Waals surface area contributed by atoms with Crippen LogP contribution in [0.15, 0.2) is 47.8 Å². The molecule has 2 N–H and O–H groups in total. The zero-order valence-corrected chi connectivity index (χ0v) is 18.5. The molecule has 0 unspecified atom stereocenters. The molecule has 0 aliphatic rings. The van der Waals surface area contributed by atoms with Gasteiger partial charge in [-0.2, -0.15) is 4.98 Å². The van der Waals surface area contributed by atoms with Crippen LogP contribution >= 0.6 is 22.9 Å². The topological polar surface area (TPSA) is 88.4 Å². The number of fused-ring (bicyclic) bond motifs is 1. The normalized spacial score (nSPS) is 10.9. The number of halogens is 1. The van der Waals surface area contributed by atoms with Gasteiger partial charge < -0.3 is 10.6 Å². The fourth-order valence-electron chi connectivity index (χ4n) is 3.18. The third-order valence-electron chi connectivity index (χ3n) is 4.84. The Morgan fingerprint density at radius 1 is 1.06 bits per heavy atom. The number of hydrogen-bond acceptors (Lipinski definition) is 5. The van der Waals surface area contributed by atoms with Gasteiger partial charge in [0.05, 0.1) is 5.69 Å². The average Bonchev–Trinajstić information content (AvgIpc) is 3.33. The lowest BCUT2D eigenvalue weighted by molar-refractivity contribution is -0.136. The van der Waals surface area contributed by atoms with Gasteiger partial charge in [-0.1, -0.05) is 29.8 Å². The third-order valence-corrected chi connectivity index (χ3v) is 5.96. The van der Waals surface area contributed by atoms with E-state index in [1.807, 2.05) is 49.6 Å². The fraction of sp³-hybridized carbons (Fsp3) is 0.182. The van der Waals surface area contributed by atoms with E-state index in [0.29, 0.717) is 29.5 Å². The summed E-state index contributed by atoms with van der Waals surface area (Å²) in [6, 6.07) is 13.0. The van der Waals surface area contributed by atoms with Crippen LogP contribution in [-0.4, -0.2) is 33.0 Å². The second kappa shape index (κ2) is 8.87. The van der Waals surface area contributed by atoms with Gasteiger partial charge in [-0.3, -0.25) is 9.59 Å². The maximum absolute atomic E-state index is 12.2. The van der Waals surface area contributed by atoms with Gasteiger partial charge in [0, 0.05) is 34.6 Å². The minimum atomic E-state index is -0.682. The van der Waals surface area contributed by atoms with Crippen molar-refractivity contribution >= 4 is 45.4 Å². The minimum Gasteiger partial charge on any atom is -0.347 e. The number of nitrogens with one attached hydrogen (secondary N) is 2. The maximum atomic E-state index is 12.2. The molecule has 4 rings (SSSR count). The molecule has 0 fully saturated rings. The zero-order chi connectivity index (χ0) is 22.0. The van der Waals surface area contributed by atoms with Crippen LogP contribution in [0.1, 0.15) is 16.8 Å². The van der Waals surface area contributed by atoms with Crippen LogP contribution in [0.2, 0.25) is 5.02 Å². The highest BCUT2D eigenvalue weighted by Crippen LogP contribution is 2.22. The monoisotopic (exact) mass is 453 g/mol. The van der Waals surface area contributed by atoms with Crippen LogP contribution in [0, 0.1) is 13.8 Å². The number of benzene rings is 2. The first kappa shape index (κ1) is 21.0. The summed E-state index contributed by atoms with van der Waals surface area (Å²) in [6.07, 6.45) is 0.520. The van der Waals surface area contributed by atoms with Gasteiger partial charge in [-0.15, -0.1) is 16.4 Å². The largest absolute Gasteiger partial charge is 0.347 e. The number of hydrogen-bond donors (Lipinski definition) is 2. The number of amides is 2. The number of aromatic nitrogens is 3. The maximum Gasteiger partial charge on any atom is 0.313 e. The minimum absolute atomic E-state index is 0.307. The summed E-state index contributed by atoms with van der Waals surface area (Å²) in [7, 11) is 0. The SMILES string of the molecule is Cc1cccc(C)c1NC(=O)C(=O)NCCc1csc2nc(-c3ccc(Cl)cc3)nn12. The molecule has 2 heterocycles. The van der Waals surface area contributed by atoms with Crippen LogP contribution in [0.25, 0.3) is 16.3 Å². The molecule has 4 aromatic rings. The Labute approximate surface area is 188 Å². The van der Waals surface area contributed by atoms with Crippen LogP contribution in [0.3, 0.4) is 0 Å². The van der Waals surface area contributed by atoms with Gasteiger partial charge in [-0.05, 0) is 49.2 Å². The summed E-state index contributed by atoms with van der Waals surface area (Å²) < 4.78 is 1.76. The van der Waals surface area contributed by atoms with Gasteiger partial charge >= 0.3 is 11.8 Å². The summed E-state index contributed by atoms with van der Waals surface area (Å²) in [6.45, 7) is 4.08. The van der Waals surface area contributed by atoms with Crippen molar-refractivity contribution in [3.05, 3.63) is 69.7 Å². The molecule has 0 saturated carbocycles. The highest BCUT2D eigenvalue weighted by molar-refractivity contribution is 7.15. The van der Waals surface area contributed by atoms with E-state index in [9.17, 15) is 9.59 Å². The van der Waals surface area contributed by atoms with Gasteiger partial charge in [0.2, 0.25) is 4.96 Å². The van der Waals surface area contributed by atoms with Crippen molar-refractivity contribution in [3.8, 4) is 11.4 Å². The number of rotatable bonds is 5. The lowest BCUT2D eigenvalue weighted by Gasteiger charge is -2.11. The molecule has 0 radical (unpaired) electrons. The molecule has 31 heavy (non-hydrogen) atoms. The van der Waals surface area contributed by atoms with E-state index in [1.165, 1.54) is 11.3 Å². The van der Waals surface area contributed by atoms with E-state index in [-0.39, 0.29) is 0 Å². The molecule has 7 nitrogen and oxygen atoms in total. The van der Waals surface area contributed by atoms with E-state index in [4.69, 9.17) is 11.6 Å². The van der Waals surface area contributed by atoms with Gasteiger partial charge in [0.1, 0.15) is 0 Å². The number of carbonyl (C=O) groups excluding carboxylic acids is 2. The van der Waals surface area contributed by atoms with Crippen molar-refractivity contribution < 1.29 is 9.59 Å². The van der Waals surface area contributed by atoms with Crippen molar-refractivity contribution in [3.63, 3.8) is 0 Å². The second-order valence-corrected chi connectivity index (χ2v) is 8.36. The van der Waals surface area contributed by atoms with Crippen molar-refractivity contribution in [1.82, 2.24) is 19.9 Å². The van der Waals surface area contributed by atoms with Crippen molar-refractivity contribution in [2.45, 2.75) is 20.3 Å². The van der Waals surface area contributed by atoms with E-state index in [1.54, 1.807) is 16.6 Å². The van der Waals surface area contributed by atoms with E-state index >= 15 is 0 Å². The summed E-state index contributed by atoms with van der Waals surface area (Å²) in [4.78, 5) is 29.8. The Hall–Kier alpha value is -3.23. The predicted molar refractivity (Wildman–Crippen MR) is 123 cm³/mol. The Morgan fingerprint density at radius 3 is 2.48 bits per heavy atom. The smallest absolute Gasteiger partial charge is 0.313 e. The predicted octanol–water partition coefficient (Wildman–Crippen LogP) is 4.03. The molecular weight excluding hydrogens is 434 g/mol. The van der Waals surface area contributed by atoms with Crippen molar-refractivity contribution in [2.24, 2.45) is 0 Å². The Balaban J connectivity index is 1.37. The molecule has 0 saturated heterocycles. The van der Waals surface area contributed by atoms with E-state index in [0.717, 1.165) is 27.3 Å². The lowest BCUT2D eigenvalue weighted by Crippen LogP contribution is -2.36. The fourth-order valence-corrected chi connectivity index (χ4v) is 4.17. The molecule has 2 aromatic heterocycles. The van der Waals surface area contributed by atoms with Gasteiger partial charge in [-0.25, -0.2) is 4.52 Å². The summed E-state index contributed by atoms with van der Waals surface area (Å²) in [5.74, 6) is -0.741. The molecule has 0 bridgehead atoms. The Morgan fingerprint density at radius 2 is 1.77 bits per heavy atom. The van der Waals surface area contributed by atoms with Gasteiger partial charge in [0.15, 0.2) is 5.82 Å². The number of anilines is 1. The van der Waals surface area contributed by atoms with Crippen LogP contribution in [-0.2, 0) is 16.0 Å².